The van der Waals surface area contributed by atoms with Crippen molar-refractivity contribution in [3.63, 3.8) is 0 Å². The zero-order valence-corrected chi connectivity index (χ0v) is 11.9. The maximum absolute atomic E-state index is 11.4. The first-order valence-electron chi connectivity index (χ1n) is 5.36. The molecule has 0 saturated heterocycles. The van der Waals surface area contributed by atoms with Crippen molar-refractivity contribution in [2.24, 2.45) is 5.73 Å². The third-order valence-electron chi connectivity index (χ3n) is 2.07. The molecule has 0 unspecified atom stereocenters. The highest BCUT2D eigenvalue weighted by molar-refractivity contribution is 14.1. The molecule has 0 aliphatic carbocycles. The van der Waals surface area contributed by atoms with Crippen molar-refractivity contribution in [1.82, 2.24) is 0 Å². The van der Waals surface area contributed by atoms with E-state index in [0.717, 1.165) is 5.56 Å². The highest BCUT2D eigenvalue weighted by atomic mass is 127. The van der Waals surface area contributed by atoms with Gasteiger partial charge in [-0.15, -0.1) is 0 Å². The first-order valence-corrected chi connectivity index (χ1v) is 6.44. The van der Waals surface area contributed by atoms with Gasteiger partial charge in [0.2, 0.25) is 0 Å². The van der Waals surface area contributed by atoms with Crippen LogP contribution in [0.4, 0.5) is 0 Å². The molecule has 1 aromatic carbocycles. The van der Waals surface area contributed by atoms with Crippen LogP contribution in [0.1, 0.15) is 5.56 Å². The van der Waals surface area contributed by atoms with Gasteiger partial charge in [-0.1, -0.05) is 36.3 Å². The number of hydrogen-bond donors (Lipinski definition) is 1. The Morgan fingerprint density at radius 1 is 1.39 bits per heavy atom. The molecule has 96 valence electrons. The molecule has 0 bridgehead atoms. The Kier molecular flexibility index (Phi) is 7.41. The highest BCUT2D eigenvalue weighted by Crippen LogP contribution is 2.00. The monoisotopic (exact) mass is 359 g/mol. The molecule has 0 heterocycles. The maximum Gasteiger partial charge on any atom is 0.326 e. The molecule has 0 aliphatic heterocycles. The van der Waals surface area contributed by atoms with Crippen molar-refractivity contribution < 1.29 is 14.3 Å². The molecule has 1 aromatic rings. The lowest BCUT2D eigenvalue weighted by molar-refractivity contribution is -0.145. The molecule has 4 nitrogen and oxygen atoms in total. The van der Waals surface area contributed by atoms with Crippen LogP contribution >= 0.6 is 22.6 Å². The summed E-state index contributed by atoms with van der Waals surface area (Å²) < 4.78 is 12.8. The zero-order chi connectivity index (χ0) is 13.2. The Morgan fingerprint density at radius 3 is 2.78 bits per heavy atom. The van der Waals surface area contributed by atoms with E-state index in [0.29, 0.717) is 6.61 Å². The average molecular weight is 359 g/mol. The van der Waals surface area contributed by atoms with Crippen molar-refractivity contribution in [2.75, 3.05) is 13.2 Å². The standard InChI is InChI=1S/C13H14INO3/c14-7-4-8-18-13(16)12(15)10-17-9-11-5-2-1-3-6-11/h1-3,5-6,12H,8-10,15H2/t12-/m0/s1. The minimum absolute atomic E-state index is 0.0636. The summed E-state index contributed by atoms with van der Waals surface area (Å²) in [5.74, 6) is 2.12. The fourth-order valence-corrected chi connectivity index (χ4v) is 1.34. The van der Waals surface area contributed by atoms with Crippen LogP contribution in [0.25, 0.3) is 0 Å². The topological polar surface area (TPSA) is 61.5 Å². The van der Waals surface area contributed by atoms with Crippen LogP contribution in [0, 0.1) is 9.85 Å². The summed E-state index contributed by atoms with van der Waals surface area (Å²) in [5, 5.41) is 0. The number of benzene rings is 1. The number of halogens is 1. The van der Waals surface area contributed by atoms with E-state index in [4.69, 9.17) is 15.2 Å². The quantitative estimate of drug-likeness (QED) is 0.475. The first-order chi connectivity index (χ1) is 8.74. The van der Waals surface area contributed by atoms with Crippen LogP contribution in [0.15, 0.2) is 30.3 Å². The average Bonchev–Trinajstić information content (AvgIpc) is 2.40. The van der Waals surface area contributed by atoms with Gasteiger partial charge in [0.25, 0.3) is 0 Å². The molecule has 18 heavy (non-hydrogen) atoms. The minimum atomic E-state index is -0.773. The van der Waals surface area contributed by atoms with Gasteiger partial charge in [-0.3, -0.25) is 4.79 Å². The second kappa shape index (κ2) is 8.91. The molecule has 1 rings (SSSR count). The maximum atomic E-state index is 11.4. The molecule has 2 N–H and O–H groups in total. The van der Waals surface area contributed by atoms with Gasteiger partial charge in [0, 0.05) is 22.6 Å². The van der Waals surface area contributed by atoms with Gasteiger partial charge in [-0.2, -0.15) is 0 Å². The Morgan fingerprint density at radius 2 is 2.11 bits per heavy atom. The third-order valence-corrected chi connectivity index (χ3v) is 2.45. The number of ether oxygens (including phenoxy) is 2. The SMILES string of the molecule is N[C@@H](COCc1ccccc1)C(=O)OCC#CI. The van der Waals surface area contributed by atoms with Crippen LogP contribution in [0.2, 0.25) is 0 Å². The number of carbonyl (C=O) groups is 1. The molecule has 0 spiro atoms. The number of nitrogens with two attached hydrogens (primary N) is 1. The summed E-state index contributed by atoms with van der Waals surface area (Å²) >= 11 is 1.87. The summed E-state index contributed by atoms with van der Waals surface area (Å²) in [7, 11) is 0. The Bertz CT molecular complexity index is 425. The lowest BCUT2D eigenvalue weighted by Gasteiger charge is -2.10. The smallest absolute Gasteiger partial charge is 0.326 e. The third kappa shape index (κ3) is 6.00. The van der Waals surface area contributed by atoms with Gasteiger partial charge in [0.1, 0.15) is 6.04 Å². The summed E-state index contributed by atoms with van der Waals surface area (Å²) in [6, 6.07) is 8.90. The van der Waals surface area contributed by atoms with Crippen molar-refractivity contribution in [2.45, 2.75) is 12.6 Å². The van der Waals surface area contributed by atoms with Crippen LogP contribution in [-0.4, -0.2) is 25.2 Å². The second-order valence-electron chi connectivity index (χ2n) is 3.49. The summed E-state index contributed by atoms with van der Waals surface area (Å²) in [6.07, 6.45) is 0. The Balaban J connectivity index is 2.21. The lowest BCUT2D eigenvalue weighted by atomic mass is 10.2. The molecule has 0 saturated carbocycles. The summed E-state index contributed by atoms with van der Waals surface area (Å²) in [6.45, 7) is 0.620. The van der Waals surface area contributed by atoms with Crippen LogP contribution in [0.3, 0.4) is 0 Å². The van der Waals surface area contributed by atoms with Crippen LogP contribution in [-0.2, 0) is 20.9 Å². The molecule has 0 radical (unpaired) electrons. The number of carbonyl (C=O) groups excluding carboxylic acids is 1. The van der Waals surface area contributed by atoms with Gasteiger partial charge < -0.3 is 15.2 Å². The molecule has 0 aliphatic rings. The lowest BCUT2D eigenvalue weighted by Crippen LogP contribution is -2.36. The Labute approximate surface area is 120 Å². The second-order valence-corrected chi connectivity index (χ2v) is 4.03. The van der Waals surface area contributed by atoms with Gasteiger partial charge in [0.15, 0.2) is 6.61 Å². The van der Waals surface area contributed by atoms with Gasteiger partial charge in [-0.25, -0.2) is 0 Å². The first kappa shape index (κ1) is 15.0. The predicted octanol–water partition coefficient (Wildman–Crippen LogP) is 1.47. The highest BCUT2D eigenvalue weighted by Gasteiger charge is 2.14. The molecule has 0 fully saturated rings. The van der Waals surface area contributed by atoms with Crippen LogP contribution in [0.5, 0.6) is 0 Å². The largest absolute Gasteiger partial charge is 0.451 e. The molecular weight excluding hydrogens is 345 g/mol. The van der Waals surface area contributed by atoms with E-state index in [1.165, 1.54) is 0 Å². The molecular formula is C13H14INO3. The molecule has 0 amide bonds. The fraction of sp³-hybridized carbons (Fsp3) is 0.308. The van der Waals surface area contributed by atoms with E-state index in [2.05, 4.69) is 9.85 Å². The van der Waals surface area contributed by atoms with E-state index in [9.17, 15) is 4.79 Å². The van der Waals surface area contributed by atoms with Gasteiger partial charge >= 0.3 is 5.97 Å². The summed E-state index contributed by atoms with van der Waals surface area (Å²) in [5.41, 5.74) is 6.65. The van der Waals surface area contributed by atoms with Gasteiger partial charge in [0.05, 0.1) is 13.2 Å². The van der Waals surface area contributed by atoms with E-state index >= 15 is 0 Å². The van der Waals surface area contributed by atoms with Crippen molar-refractivity contribution >= 4 is 28.6 Å². The van der Waals surface area contributed by atoms with E-state index in [-0.39, 0.29) is 13.2 Å². The van der Waals surface area contributed by atoms with Crippen molar-refractivity contribution in [3.05, 3.63) is 35.9 Å². The van der Waals surface area contributed by atoms with Crippen molar-refractivity contribution in [3.8, 4) is 9.85 Å². The number of esters is 1. The van der Waals surface area contributed by atoms with E-state index in [1.807, 2.05) is 52.9 Å². The molecule has 1 atom stereocenters. The Hall–Kier alpha value is -1.10. The number of rotatable bonds is 6. The normalized spacial score (nSPS) is 11.2. The summed E-state index contributed by atoms with van der Waals surface area (Å²) in [4.78, 5) is 11.4. The van der Waals surface area contributed by atoms with Crippen molar-refractivity contribution in [1.29, 1.82) is 0 Å². The fourth-order valence-electron chi connectivity index (χ4n) is 1.19. The minimum Gasteiger partial charge on any atom is -0.451 e. The number of hydrogen-bond acceptors (Lipinski definition) is 4. The van der Waals surface area contributed by atoms with Crippen LogP contribution < -0.4 is 5.73 Å². The molecule has 5 heteroatoms. The predicted molar refractivity (Wildman–Crippen MR) is 76.8 cm³/mol. The van der Waals surface area contributed by atoms with E-state index in [1.54, 1.807) is 0 Å². The molecule has 0 aromatic heterocycles. The van der Waals surface area contributed by atoms with Gasteiger partial charge in [-0.05, 0) is 9.49 Å². The van der Waals surface area contributed by atoms with E-state index < -0.39 is 12.0 Å². The zero-order valence-electron chi connectivity index (χ0n) is 9.77.